The number of aliphatic carboxylic acids is 1. The summed E-state index contributed by atoms with van der Waals surface area (Å²) in [5.74, 6) is -0.906. The molecule has 1 aromatic carbocycles. The van der Waals surface area contributed by atoms with Gasteiger partial charge in [-0.25, -0.2) is 9.37 Å². The van der Waals surface area contributed by atoms with E-state index in [0.717, 1.165) is 19.3 Å². The molecule has 1 aromatic heterocycles. The van der Waals surface area contributed by atoms with Gasteiger partial charge >= 0.3 is 5.97 Å². The first-order valence-electron chi connectivity index (χ1n) is 8.78. The van der Waals surface area contributed by atoms with Gasteiger partial charge in [0.15, 0.2) is 17.4 Å². The van der Waals surface area contributed by atoms with E-state index in [1.807, 2.05) is 6.92 Å². The van der Waals surface area contributed by atoms with E-state index in [9.17, 15) is 9.18 Å². The normalized spacial score (nSPS) is 13.9. The molecule has 6 nitrogen and oxygen atoms in total. The Bertz CT molecular complexity index is 819. The van der Waals surface area contributed by atoms with Crippen molar-refractivity contribution in [3.05, 3.63) is 34.7 Å². The van der Waals surface area contributed by atoms with Crippen LogP contribution in [0.5, 0.6) is 11.6 Å². The van der Waals surface area contributed by atoms with Crippen molar-refractivity contribution in [1.82, 2.24) is 9.97 Å². The minimum absolute atomic E-state index is 0.0573. The molecule has 1 fully saturated rings. The van der Waals surface area contributed by atoms with Gasteiger partial charge in [-0.05, 0) is 44.7 Å². The van der Waals surface area contributed by atoms with Gasteiger partial charge in [-0.15, -0.1) is 0 Å². The molecule has 0 bridgehead atoms. The molecule has 1 aliphatic carbocycles. The fraction of sp³-hybridized carbons (Fsp3) is 0.421. The number of rotatable bonds is 8. The number of carboxylic acid groups (broad SMARTS) is 1. The van der Waals surface area contributed by atoms with Crippen molar-refractivity contribution < 1.29 is 23.8 Å². The zero-order valence-electron chi connectivity index (χ0n) is 14.9. The van der Waals surface area contributed by atoms with E-state index in [-0.39, 0.29) is 36.3 Å². The SMILES string of the molecule is Cc1cc(OC2CCC2)nc(-c2cc(F)c(OCCCC(=O)O)c(Cl)c2)n1. The quantitative estimate of drug-likeness (QED) is 0.667. The predicted octanol–water partition coefficient (Wildman–Crippen LogP) is 4.42. The van der Waals surface area contributed by atoms with E-state index >= 15 is 0 Å². The van der Waals surface area contributed by atoms with Gasteiger partial charge in [0.05, 0.1) is 11.6 Å². The molecule has 1 heterocycles. The first-order chi connectivity index (χ1) is 12.9. The van der Waals surface area contributed by atoms with Crippen molar-refractivity contribution in [2.75, 3.05) is 6.61 Å². The lowest BCUT2D eigenvalue weighted by molar-refractivity contribution is -0.137. The summed E-state index contributed by atoms with van der Waals surface area (Å²) < 4.78 is 25.6. The number of halogens is 2. The van der Waals surface area contributed by atoms with E-state index < -0.39 is 11.8 Å². The Balaban J connectivity index is 1.77. The summed E-state index contributed by atoms with van der Waals surface area (Å²) in [6.07, 6.45) is 3.54. The second-order valence-electron chi connectivity index (χ2n) is 6.46. The monoisotopic (exact) mass is 394 g/mol. The van der Waals surface area contributed by atoms with Crippen molar-refractivity contribution in [2.24, 2.45) is 0 Å². The Hall–Kier alpha value is -2.41. The fourth-order valence-electron chi connectivity index (χ4n) is 2.61. The number of carbonyl (C=O) groups is 1. The van der Waals surface area contributed by atoms with Gasteiger partial charge in [-0.2, -0.15) is 4.98 Å². The number of hydrogen-bond acceptors (Lipinski definition) is 5. The highest BCUT2D eigenvalue weighted by molar-refractivity contribution is 6.32. The van der Waals surface area contributed by atoms with Crippen molar-refractivity contribution >= 4 is 17.6 Å². The molecule has 0 saturated heterocycles. The van der Waals surface area contributed by atoms with E-state index in [1.165, 1.54) is 12.1 Å². The first kappa shape index (κ1) is 19.4. The van der Waals surface area contributed by atoms with Crippen LogP contribution in [0.25, 0.3) is 11.4 Å². The average Bonchev–Trinajstić information content (AvgIpc) is 2.56. The Morgan fingerprint density at radius 2 is 2.11 bits per heavy atom. The zero-order valence-corrected chi connectivity index (χ0v) is 15.6. The Labute approximate surface area is 161 Å². The highest BCUT2D eigenvalue weighted by atomic mass is 35.5. The number of carboxylic acids is 1. The van der Waals surface area contributed by atoms with Crippen LogP contribution in [0.15, 0.2) is 18.2 Å². The molecule has 3 rings (SSSR count). The summed E-state index contributed by atoms with van der Waals surface area (Å²) in [6.45, 7) is 1.87. The molecule has 0 spiro atoms. The lowest BCUT2D eigenvalue weighted by Gasteiger charge is -2.25. The summed E-state index contributed by atoms with van der Waals surface area (Å²) in [6, 6.07) is 4.53. The second kappa shape index (κ2) is 8.52. The molecule has 144 valence electrons. The van der Waals surface area contributed by atoms with E-state index in [2.05, 4.69) is 9.97 Å². The topological polar surface area (TPSA) is 81.5 Å². The molecule has 1 aliphatic rings. The number of nitrogens with zero attached hydrogens (tertiary/aromatic N) is 2. The summed E-state index contributed by atoms with van der Waals surface area (Å²) in [5.41, 5.74) is 1.12. The summed E-state index contributed by atoms with van der Waals surface area (Å²) in [5, 5.41) is 8.70. The van der Waals surface area contributed by atoms with E-state index in [0.29, 0.717) is 23.0 Å². The molecule has 0 radical (unpaired) electrons. The molecule has 27 heavy (non-hydrogen) atoms. The lowest BCUT2D eigenvalue weighted by atomic mass is 9.96. The average molecular weight is 395 g/mol. The molecule has 0 aliphatic heterocycles. The smallest absolute Gasteiger partial charge is 0.303 e. The van der Waals surface area contributed by atoms with Crippen LogP contribution < -0.4 is 9.47 Å². The molecular weight excluding hydrogens is 375 g/mol. The van der Waals surface area contributed by atoms with Crippen LogP contribution in [0, 0.1) is 12.7 Å². The van der Waals surface area contributed by atoms with E-state index in [4.69, 9.17) is 26.2 Å². The van der Waals surface area contributed by atoms with Crippen LogP contribution in [-0.4, -0.2) is 33.8 Å². The van der Waals surface area contributed by atoms with Crippen molar-refractivity contribution in [3.8, 4) is 23.0 Å². The second-order valence-corrected chi connectivity index (χ2v) is 6.86. The largest absolute Gasteiger partial charge is 0.489 e. The van der Waals surface area contributed by atoms with Crippen molar-refractivity contribution in [3.63, 3.8) is 0 Å². The molecule has 1 N–H and O–H groups in total. The minimum atomic E-state index is -0.933. The zero-order chi connectivity index (χ0) is 19.4. The van der Waals surface area contributed by atoms with Crippen LogP contribution >= 0.6 is 11.6 Å². The Morgan fingerprint density at radius 3 is 2.74 bits per heavy atom. The third-order valence-corrected chi connectivity index (χ3v) is 4.49. The molecular formula is C19H20ClFN2O4. The summed E-state index contributed by atoms with van der Waals surface area (Å²) in [4.78, 5) is 19.2. The standard InChI is InChI=1S/C19H20ClFN2O4/c1-11-8-16(27-13-4-2-5-13)23-19(22-11)12-9-14(20)18(15(21)10-12)26-7-3-6-17(24)25/h8-10,13H,2-7H2,1H3,(H,24,25). The van der Waals surface area contributed by atoms with Crippen LogP contribution in [0.1, 0.15) is 37.8 Å². The Morgan fingerprint density at radius 1 is 1.33 bits per heavy atom. The van der Waals surface area contributed by atoms with Gasteiger partial charge in [0.1, 0.15) is 6.10 Å². The van der Waals surface area contributed by atoms with Crippen LogP contribution in [0.4, 0.5) is 4.39 Å². The van der Waals surface area contributed by atoms with Gasteiger partial charge in [-0.3, -0.25) is 4.79 Å². The molecule has 1 saturated carbocycles. The fourth-order valence-corrected chi connectivity index (χ4v) is 2.88. The van der Waals surface area contributed by atoms with Crippen LogP contribution in [0.2, 0.25) is 5.02 Å². The Kier molecular flexibility index (Phi) is 6.11. The predicted molar refractivity (Wildman–Crippen MR) is 97.8 cm³/mol. The number of ether oxygens (including phenoxy) is 2. The van der Waals surface area contributed by atoms with Gasteiger partial charge < -0.3 is 14.6 Å². The van der Waals surface area contributed by atoms with Crippen molar-refractivity contribution in [1.29, 1.82) is 0 Å². The van der Waals surface area contributed by atoms with Crippen LogP contribution in [0.3, 0.4) is 0 Å². The first-order valence-corrected chi connectivity index (χ1v) is 9.16. The van der Waals surface area contributed by atoms with Gasteiger partial charge in [0, 0.05) is 23.7 Å². The maximum absolute atomic E-state index is 14.4. The molecule has 0 unspecified atom stereocenters. The van der Waals surface area contributed by atoms with E-state index in [1.54, 1.807) is 6.07 Å². The third-order valence-electron chi connectivity index (χ3n) is 4.21. The third kappa shape index (κ3) is 5.07. The number of aromatic nitrogens is 2. The molecule has 8 heteroatoms. The summed E-state index contributed by atoms with van der Waals surface area (Å²) in [7, 11) is 0. The maximum atomic E-state index is 14.4. The highest BCUT2D eigenvalue weighted by Gasteiger charge is 2.21. The molecule has 0 amide bonds. The van der Waals surface area contributed by atoms with Gasteiger partial charge in [-0.1, -0.05) is 11.6 Å². The van der Waals surface area contributed by atoms with Crippen LogP contribution in [-0.2, 0) is 4.79 Å². The van der Waals surface area contributed by atoms with Gasteiger partial charge in [0.25, 0.3) is 0 Å². The number of aryl methyl sites for hydroxylation is 1. The molecule has 2 aromatic rings. The summed E-state index contributed by atoms with van der Waals surface area (Å²) >= 11 is 6.15. The van der Waals surface area contributed by atoms with Gasteiger partial charge in [0.2, 0.25) is 5.88 Å². The minimum Gasteiger partial charge on any atom is -0.489 e. The maximum Gasteiger partial charge on any atom is 0.303 e. The molecule has 0 atom stereocenters. The highest BCUT2D eigenvalue weighted by Crippen LogP contribution is 2.33. The number of benzene rings is 1. The number of hydrogen-bond donors (Lipinski definition) is 1. The van der Waals surface area contributed by atoms with Crippen molar-refractivity contribution in [2.45, 2.75) is 45.1 Å². The lowest BCUT2D eigenvalue weighted by Crippen LogP contribution is -2.25.